The van der Waals surface area contributed by atoms with Gasteiger partial charge in [-0.15, -0.1) is 0 Å². The zero-order valence-electron chi connectivity index (χ0n) is 15.7. The molecule has 3 aromatic carbocycles. The highest BCUT2D eigenvalue weighted by molar-refractivity contribution is 6.08. The van der Waals surface area contributed by atoms with Gasteiger partial charge < -0.3 is 7.85 Å². The number of unbranched alkanes of at least 4 members (excludes halogenated alkanes) is 2. The molecule has 0 saturated heterocycles. The molecule has 0 fully saturated rings. The Morgan fingerprint density at radius 1 is 0.607 bits per heavy atom. The molecule has 0 unspecified atom stereocenters. The maximum atomic E-state index is 14.2. The molecule has 3 rings (SSSR count). The number of hydrogen-bond donors (Lipinski definition) is 0. The van der Waals surface area contributed by atoms with Crippen LogP contribution in [0.5, 0.6) is 0 Å². The summed E-state index contributed by atoms with van der Waals surface area (Å²) in [5.74, 6) is -1.13. The fourth-order valence-electron chi connectivity index (χ4n) is 3.91. The predicted molar refractivity (Wildman–Crippen MR) is 108 cm³/mol. The first-order valence-electron chi connectivity index (χ1n) is 9.54. The molecule has 0 nitrogen and oxygen atoms in total. The van der Waals surface area contributed by atoms with Crippen molar-refractivity contribution in [1.82, 2.24) is 0 Å². The molecule has 0 aliphatic heterocycles. The zero-order valence-corrected chi connectivity index (χ0v) is 15.7. The SMILES string of the molecule is [B-]CCCCCC(c1cccc(F)c1)(c1cccc(F)c1)c1cccc(F)c1. The van der Waals surface area contributed by atoms with E-state index in [-0.39, 0.29) is 17.5 Å². The Labute approximate surface area is 165 Å². The molecule has 4 heteroatoms. The second kappa shape index (κ2) is 9.14. The summed E-state index contributed by atoms with van der Waals surface area (Å²) in [4.78, 5) is 0. The molecule has 28 heavy (non-hydrogen) atoms. The molecule has 0 N–H and O–H groups in total. The van der Waals surface area contributed by atoms with E-state index >= 15 is 0 Å². The van der Waals surface area contributed by atoms with E-state index in [0.717, 1.165) is 19.3 Å². The Bertz CT molecular complexity index is 812. The molecule has 143 valence electrons. The van der Waals surface area contributed by atoms with Crippen molar-refractivity contribution in [3.63, 3.8) is 0 Å². The molecule has 0 amide bonds. The van der Waals surface area contributed by atoms with Crippen molar-refractivity contribution in [2.24, 2.45) is 0 Å². The van der Waals surface area contributed by atoms with E-state index in [9.17, 15) is 13.2 Å². The van der Waals surface area contributed by atoms with E-state index in [1.807, 2.05) is 18.2 Å². The Morgan fingerprint density at radius 3 is 1.39 bits per heavy atom. The fraction of sp³-hybridized carbons (Fsp3) is 0.250. The minimum absolute atomic E-state index is 0.378. The molecular weight excluding hydrogens is 356 g/mol. The Morgan fingerprint density at radius 2 is 1.04 bits per heavy atom. The van der Waals surface area contributed by atoms with Crippen LogP contribution in [0.25, 0.3) is 0 Å². The van der Waals surface area contributed by atoms with Crippen LogP contribution in [0.1, 0.15) is 42.4 Å². The Kier molecular flexibility index (Phi) is 6.61. The van der Waals surface area contributed by atoms with E-state index in [1.165, 1.54) is 36.4 Å². The maximum Gasteiger partial charge on any atom is 0.123 e. The molecule has 0 atom stereocenters. The fourth-order valence-corrected chi connectivity index (χ4v) is 3.91. The van der Waals surface area contributed by atoms with E-state index in [4.69, 9.17) is 7.85 Å². The zero-order chi connectivity index (χ0) is 20.0. The van der Waals surface area contributed by atoms with Crippen LogP contribution in [0.2, 0.25) is 6.32 Å². The summed E-state index contributed by atoms with van der Waals surface area (Å²) < 4.78 is 42.5. The number of rotatable bonds is 8. The van der Waals surface area contributed by atoms with Gasteiger partial charge in [0.1, 0.15) is 17.5 Å². The van der Waals surface area contributed by atoms with Gasteiger partial charge in [0.05, 0.1) is 0 Å². The van der Waals surface area contributed by atoms with Crippen LogP contribution < -0.4 is 0 Å². The standard InChI is InChI=1S/C24H22BF3/c25-14-3-1-2-13-24(18-7-4-10-21(26)15-18,19-8-5-11-22(27)16-19)20-9-6-12-23(28)17-20/h4-12,15-17H,1-3,13-14H2/q-1. The van der Waals surface area contributed by atoms with Crippen molar-refractivity contribution in [2.45, 2.75) is 37.4 Å². The van der Waals surface area contributed by atoms with E-state index in [0.29, 0.717) is 29.4 Å². The molecule has 0 saturated carbocycles. The molecule has 0 aliphatic rings. The number of hydrogen-bond acceptors (Lipinski definition) is 0. The highest BCUT2D eigenvalue weighted by Crippen LogP contribution is 2.44. The molecule has 0 aliphatic carbocycles. The van der Waals surface area contributed by atoms with Gasteiger partial charge in [0.2, 0.25) is 0 Å². The van der Waals surface area contributed by atoms with Crippen molar-refractivity contribution in [3.8, 4) is 0 Å². The van der Waals surface area contributed by atoms with Gasteiger partial charge in [-0.3, -0.25) is 6.32 Å². The van der Waals surface area contributed by atoms with Crippen molar-refractivity contribution in [2.75, 3.05) is 0 Å². The minimum Gasteiger partial charge on any atom is -0.626 e. The first-order valence-corrected chi connectivity index (χ1v) is 9.54. The molecular formula is C24H22BF3-. The average Bonchev–Trinajstić information content (AvgIpc) is 2.68. The number of halogens is 3. The quantitative estimate of drug-likeness (QED) is 0.236. The third-order valence-corrected chi connectivity index (χ3v) is 5.21. The van der Waals surface area contributed by atoms with E-state index in [2.05, 4.69) is 0 Å². The van der Waals surface area contributed by atoms with Gasteiger partial charge >= 0.3 is 0 Å². The Balaban J connectivity index is 2.24. The molecule has 0 aromatic heterocycles. The van der Waals surface area contributed by atoms with Crippen LogP contribution in [0.15, 0.2) is 72.8 Å². The lowest BCUT2D eigenvalue weighted by Gasteiger charge is -2.36. The van der Waals surface area contributed by atoms with Gasteiger partial charge in [-0.1, -0.05) is 55.7 Å². The normalized spacial score (nSPS) is 11.6. The van der Waals surface area contributed by atoms with Crippen molar-refractivity contribution < 1.29 is 13.2 Å². The first-order chi connectivity index (χ1) is 13.6. The van der Waals surface area contributed by atoms with Crippen LogP contribution in [0.4, 0.5) is 13.2 Å². The second-order valence-corrected chi connectivity index (χ2v) is 7.04. The summed E-state index contributed by atoms with van der Waals surface area (Å²) in [6.07, 6.45) is 3.72. The van der Waals surface area contributed by atoms with Crippen LogP contribution in [-0.4, -0.2) is 7.85 Å². The predicted octanol–water partition coefficient (Wildman–Crippen LogP) is 6.59. The van der Waals surface area contributed by atoms with Crippen LogP contribution in [0, 0.1) is 17.5 Å². The van der Waals surface area contributed by atoms with E-state index in [1.54, 1.807) is 18.2 Å². The lowest BCUT2D eigenvalue weighted by atomic mass is 9.66. The summed E-state index contributed by atoms with van der Waals surface area (Å²) in [6.45, 7) is 0. The van der Waals surface area contributed by atoms with Crippen molar-refractivity contribution >= 4 is 7.85 Å². The Hall–Kier alpha value is -2.49. The lowest BCUT2D eigenvalue weighted by molar-refractivity contribution is 0.502. The highest BCUT2D eigenvalue weighted by Gasteiger charge is 2.36. The van der Waals surface area contributed by atoms with Crippen LogP contribution >= 0.6 is 0 Å². The lowest BCUT2D eigenvalue weighted by Crippen LogP contribution is -2.30. The minimum atomic E-state index is -0.860. The van der Waals surface area contributed by atoms with Crippen LogP contribution in [-0.2, 0) is 5.41 Å². The highest BCUT2D eigenvalue weighted by atomic mass is 19.1. The van der Waals surface area contributed by atoms with Crippen molar-refractivity contribution in [1.29, 1.82) is 0 Å². The van der Waals surface area contributed by atoms with Crippen molar-refractivity contribution in [3.05, 3.63) is 107 Å². The van der Waals surface area contributed by atoms with Gasteiger partial charge in [0.15, 0.2) is 0 Å². The summed E-state index contributed by atoms with van der Waals surface area (Å²) in [7, 11) is 5.62. The smallest absolute Gasteiger partial charge is 0.123 e. The van der Waals surface area contributed by atoms with Gasteiger partial charge in [-0.05, 0) is 59.5 Å². The van der Waals surface area contributed by atoms with E-state index < -0.39 is 5.41 Å². The molecule has 3 radical (unpaired) electrons. The largest absolute Gasteiger partial charge is 0.626 e. The topological polar surface area (TPSA) is 0 Å². The number of benzene rings is 3. The first kappa shape index (κ1) is 20.3. The van der Waals surface area contributed by atoms with Gasteiger partial charge in [0.25, 0.3) is 0 Å². The maximum absolute atomic E-state index is 14.2. The molecule has 0 heterocycles. The van der Waals surface area contributed by atoms with Gasteiger partial charge in [-0.25, -0.2) is 13.2 Å². The third kappa shape index (κ3) is 4.32. The average molecular weight is 378 g/mol. The summed E-state index contributed by atoms with van der Waals surface area (Å²) in [6, 6.07) is 18.9. The summed E-state index contributed by atoms with van der Waals surface area (Å²) in [5.41, 5.74) is 1.17. The molecule has 3 aromatic rings. The van der Waals surface area contributed by atoms with Crippen LogP contribution in [0.3, 0.4) is 0 Å². The summed E-state index contributed by atoms with van der Waals surface area (Å²) in [5, 5.41) is 0. The molecule has 0 bridgehead atoms. The van der Waals surface area contributed by atoms with Gasteiger partial charge in [-0.2, -0.15) is 0 Å². The monoisotopic (exact) mass is 378 g/mol. The third-order valence-electron chi connectivity index (χ3n) is 5.21. The summed E-state index contributed by atoms with van der Waals surface area (Å²) >= 11 is 0. The second-order valence-electron chi connectivity index (χ2n) is 7.04. The van der Waals surface area contributed by atoms with Gasteiger partial charge in [0, 0.05) is 5.41 Å². The molecule has 0 spiro atoms.